The number of halogens is 2. The fraction of sp³-hybridized carbons (Fsp3) is 0.267. The van der Waals surface area contributed by atoms with Gasteiger partial charge in [-0.15, -0.1) is 0 Å². The van der Waals surface area contributed by atoms with E-state index in [1.807, 2.05) is 12.1 Å². The Morgan fingerprint density at radius 2 is 2.19 bits per heavy atom. The molecule has 0 aliphatic heterocycles. The van der Waals surface area contributed by atoms with E-state index in [1.54, 1.807) is 24.1 Å². The average molecular weight is 328 g/mol. The Hall–Kier alpha value is -1.46. The Morgan fingerprint density at radius 1 is 1.33 bits per heavy atom. The second-order valence-electron chi connectivity index (χ2n) is 4.36. The molecule has 0 bridgehead atoms. The van der Waals surface area contributed by atoms with Crippen molar-refractivity contribution >= 4 is 29.3 Å². The van der Waals surface area contributed by atoms with Crippen LogP contribution in [-0.2, 0) is 17.0 Å². The molecule has 0 radical (unpaired) electrons. The molecule has 1 amide bonds. The molecule has 1 heterocycles. The van der Waals surface area contributed by atoms with E-state index >= 15 is 0 Å². The van der Waals surface area contributed by atoms with E-state index in [9.17, 15) is 9.18 Å². The lowest BCUT2D eigenvalue weighted by Crippen LogP contribution is -2.27. The van der Waals surface area contributed by atoms with E-state index in [2.05, 4.69) is 5.32 Å². The van der Waals surface area contributed by atoms with E-state index in [4.69, 9.17) is 16.0 Å². The van der Waals surface area contributed by atoms with Crippen LogP contribution in [0.2, 0.25) is 5.02 Å². The zero-order chi connectivity index (χ0) is 15.1. The molecule has 0 saturated heterocycles. The minimum atomic E-state index is -0.454. The van der Waals surface area contributed by atoms with Gasteiger partial charge < -0.3 is 9.73 Å². The van der Waals surface area contributed by atoms with Crippen LogP contribution in [0.15, 0.2) is 41.0 Å². The highest BCUT2D eigenvalue weighted by atomic mass is 35.5. The lowest BCUT2D eigenvalue weighted by Gasteiger charge is -2.07. The van der Waals surface area contributed by atoms with Crippen LogP contribution in [0.5, 0.6) is 0 Å². The minimum Gasteiger partial charge on any atom is -0.468 e. The van der Waals surface area contributed by atoms with Gasteiger partial charge in [0.1, 0.15) is 11.6 Å². The highest BCUT2D eigenvalue weighted by Gasteiger charge is 2.11. The summed E-state index contributed by atoms with van der Waals surface area (Å²) in [5.74, 6) is 1.74. The van der Waals surface area contributed by atoms with E-state index in [0.717, 1.165) is 17.3 Å². The zero-order valence-electron chi connectivity index (χ0n) is 11.3. The van der Waals surface area contributed by atoms with Gasteiger partial charge in [-0.25, -0.2) is 4.39 Å². The molecule has 1 aromatic heterocycles. The first-order valence-corrected chi connectivity index (χ1v) is 8.00. The number of carbonyl (C=O) groups is 1. The Balaban J connectivity index is 1.68. The first-order valence-electron chi connectivity index (χ1n) is 6.46. The number of amides is 1. The molecule has 0 fully saturated rings. The fourth-order valence-corrected chi connectivity index (χ4v) is 2.74. The third kappa shape index (κ3) is 5.10. The Bertz CT molecular complexity index is 569. The summed E-state index contributed by atoms with van der Waals surface area (Å²) in [5.41, 5.74) is 0.236. The van der Waals surface area contributed by atoms with Gasteiger partial charge in [-0.1, -0.05) is 17.7 Å². The summed E-state index contributed by atoms with van der Waals surface area (Å²) >= 11 is 7.54. The average Bonchev–Trinajstić information content (AvgIpc) is 2.96. The van der Waals surface area contributed by atoms with Gasteiger partial charge in [0.2, 0.25) is 5.91 Å². The number of hydrogen-bond acceptors (Lipinski definition) is 3. The van der Waals surface area contributed by atoms with Crippen LogP contribution in [-0.4, -0.2) is 18.2 Å². The molecule has 0 aliphatic rings. The highest BCUT2D eigenvalue weighted by molar-refractivity contribution is 7.98. The van der Waals surface area contributed by atoms with Gasteiger partial charge in [0.25, 0.3) is 0 Å². The van der Waals surface area contributed by atoms with Crippen molar-refractivity contribution in [3.05, 3.63) is 58.8 Å². The molecule has 0 atom stereocenters. The minimum absolute atomic E-state index is 0.0473. The number of furan rings is 1. The van der Waals surface area contributed by atoms with Gasteiger partial charge in [-0.3, -0.25) is 4.79 Å². The van der Waals surface area contributed by atoms with Crippen molar-refractivity contribution in [2.24, 2.45) is 0 Å². The summed E-state index contributed by atoms with van der Waals surface area (Å²) in [7, 11) is 0. The van der Waals surface area contributed by atoms with Gasteiger partial charge in [-0.05, 0) is 24.3 Å². The molecule has 2 rings (SSSR count). The molecule has 0 unspecified atom stereocenters. The van der Waals surface area contributed by atoms with Crippen LogP contribution in [0.25, 0.3) is 0 Å². The van der Waals surface area contributed by atoms with Crippen LogP contribution in [0.1, 0.15) is 11.3 Å². The number of carbonyl (C=O) groups excluding carboxylic acids is 1. The van der Waals surface area contributed by atoms with Crippen molar-refractivity contribution in [3.8, 4) is 0 Å². The van der Waals surface area contributed by atoms with Gasteiger partial charge >= 0.3 is 0 Å². The normalized spacial score (nSPS) is 10.6. The van der Waals surface area contributed by atoms with Crippen molar-refractivity contribution in [2.45, 2.75) is 12.2 Å². The monoisotopic (exact) mass is 327 g/mol. The van der Waals surface area contributed by atoms with Crippen LogP contribution < -0.4 is 5.32 Å². The van der Waals surface area contributed by atoms with Crippen LogP contribution >= 0.6 is 23.4 Å². The summed E-state index contributed by atoms with van der Waals surface area (Å²) in [6.45, 7) is 0.524. The molecule has 1 N–H and O–H groups in total. The Kier molecular flexibility index (Phi) is 6.14. The van der Waals surface area contributed by atoms with Crippen LogP contribution in [0.3, 0.4) is 0 Å². The molecule has 6 heteroatoms. The van der Waals surface area contributed by atoms with E-state index in [0.29, 0.717) is 6.54 Å². The quantitative estimate of drug-likeness (QED) is 0.789. The number of benzene rings is 1. The van der Waals surface area contributed by atoms with Crippen molar-refractivity contribution in [1.29, 1.82) is 0 Å². The van der Waals surface area contributed by atoms with Gasteiger partial charge in [0.05, 0.1) is 18.4 Å². The number of rotatable bonds is 7. The van der Waals surface area contributed by atoms with Gasteiger partial charge in [0.15, 0.2) is 0 Å². The van der Waals surface area contributed by atoms with Crippen molar-refractivity contribution < 1.29 is 13.6 Å². The topological polar surface area (TPSA) is 42.2 Å². The van der Waals surface area contributed by atoms with Crippen LogP contribution in [0, 0.1) is 5.82 Å². The first-order chi connectivity index (χ1) is 10.2. The standard InChI is InChI=1S/C15H15ClFNO2S/c16-13-4-1-5-14(17)12(13)9-15(19)18-6-8-21-10-11-3-2-7-20-11/h1-5,7H,6,8-10H2,(H,18,19). The number of hydrogen-bond donors (Lipinski definition) is 1. The Morgan fingerprint density at radius 3 is 2.90 bits per heavy atom. The molecule has 0 spiro atoms. The van der Waals surface area contributed by atoms with Crippen molar-refractivity contribution in [3.63, 3.8) is 0 Å². The maximum atomic E-state index is 13.5. The molecule has 112 valence electrons. The van der Waals surface area contributed by atoms with E-state index in [-0.39, 0.29) is 22.9 Å². The summed E-state index contributed by atoms with van der Waals surface area (Å²) in [6.07, 6.45) is 1.59. The van der Waals surface area contributed by atoms with E-state index in [1.165, 1.54) is 12.1 Å². The summed E-state index contributed by atoms with van der Waals surface area (Å²) < 4.78 is 18.7. The molecule has 1 aromatic carbocycles. The van der Waals surface area contributed by atoms with Crippen molar-refractivity contribution in [2.75, 3.05) is 12.3 Å². The summed E-state index contributed by atoms with van der Waals surface area (Å²) in [4.78, 5) is 11.7. The summed E-state index contributed by atoms with van der Waals surface area (Å²) in [5, 5.41) is 3.03. The Labute approximate surface area is 131 Å². The molecular formula is C15H15ClFNO2S. The summed E-state index contributed by atoms with van der Waals surface area (Å²) in [6, 6.07) is 8.14. The molecule has 21 heavy (non-hydrogen) atoms. The van der Waals surface area contributed by atoms with E-state index < -0.39 is 5.82 Å². The predicted molar refractivity (Wildman–Crippen MR) is 83.0 cm³/mol. The number of thioether (sulfide) groups is 1. The maximum absolute atomic E-state index is 13.5. The van der Waals surface area contributed by atoms with Gasteiger partial charge in [0, 0.05) is 22.9 Å². The van der Waals surface area contributed by atoms with Crippen molar-refractivity contribution in [1.82, 2.24) is 5.32 Å². The lowest BCUT2D eigenvalue weighted by atomic mass is 10.1. The first kappa shape index (κ1) is 15.9. The third-order valence-corrected chi connectivity index (χ3v) is 4.13. The lowest BCUT2D eigenvalue weighted by molar-refractivity contribution is -0.120. The SMILES string of the molecule is O=C(Cc1c(F)cccc1Cl)NCCSCc1ccco1. The molecule has 3 nitrogen and oxygen atoms in total. The zero-order valence-corrected chi connectivity index (χ0v) is 12.8. The molecule has 2 aromatic rings. The second kappa shape index (κ2) is 8.10. The largest absolute Gasteiger partial charge is 0.468 e. The smallest absolute Gasteiger partial charge is 0.224 e. The second-order valence-corrected chi connectivity index (χ2v) is 5.87. The van der Waals surface area contributed by atoms with Crippen LogP contribution in [0.4, 0.5) is 4.39 Å². The maximum Gasteiger partial charge on any atom is 0.224 e. The highest BCUT2D eigenvalue weighted by Crippen LogP contribution is 2.19. The molecule has 0 aliphatic carbocycles. The van der Waals surface area contributed by atoms with Gasteiger partial charge in [-0.2, -0.15) is 11.8 Å². The molecular weight excluding hydrogens is 313 g/mol. The number of nitrogens with one attached hydrogen (secondary N) is 1. The fourth-order valence-electron chi connectivity index (χ4n) is 1.75. The third-order valence-electron chi connectivity index (χ3n) is 2.79. The predicted octanol–water partition coefficient (Wildman–Crippen LogP) is 3.66. The molecule has 0 saturated carbocycles.